The number of aryl methyl sites for hydroxylation is 1. The van der Waals surface area contributed by atoms with Crippen molar-refractivity contribution >= 4 is 11.6 Å². The van der Waals surface area contributed by atoms with E-state index in [-0.39, 0.29) is 5.91 Å². The van der Waals surface area contributed by atoms with Crippen LogP contribution in [0.15, 0.2) is 24.3 Å². The second-order valence-electron chi connectivity index (χ2n) is 6.13. The molecule has 0 bridgehead atoms. The largest absolute Gasteiger partial charge is 0.399 e. The summed E-state index contributed by atoms with van der Waals surface area (Å²) in [6.45, 7) is 5.37. The van der Waals surface area contributed by atoms with E-state index in [1.54, 1.807) is 0 Å². The maximum atomic E-state index is 12.4. The van der Waals surface area contributed by atoms with Crippen LogP contribution in [0.3, 0.4) is 0 Å². The molecule has 2 heterocycles. The Balaban J connectivity index is 1.48. The van der Waals surface area contributed by atoms with Crippen molar-refractivity contribution in [1.82, 2.24) is 9.80 Å². The van der Waals surface area contributed by atoms with Gasteiger partial charge in [0.05, 0.1) is 13.2 Å². The third kappa shape index (κ3) is 3.59. The summed E-state index contributed by atoms with van der Waals surface area (Å²) in [5, 5.41) is 0. The number of morpholine rings is 1. The summed E-state index contributed by atoms with van der Waals surface area (Å²) in [5.41, 5.74) is 7.79. The van der Waals surface area contributed by atoms with Crippen molar-refractivity contribution in [2.75, 3.05) is 45.1 Å². The number of hydrogen-bond acceptors (Lipinski definition) is 4. The molecule has 1 unspecified atom stereocenters. The van der Waals surface area contributed by atoms with E-state index >= 15 is 0 Å². The monoisotopic (exact) mass is 303 g/mol. The van der Waals surface area contributed by atoms with Crippen LogP contribution in [0.25, 0.3) is 0 Å². The van der Waals surface area contributed by atoms with Gasteiger partial charge in [0.15, 0.2) is 0 Å². The third-order valence-electron chi connectivity index (χ3n) is 4.74. The van der Waals surface area contributed by atoms with Crippen molar-refractivity contribution in [3.05, 3.63) is 29.8 Å². The molecule has 0 aromatic heterocycles. The van der Waals surface area contributed by atoms with Crippen molar-refractivity contribution in [3.63, 3.8) is 0 Å². The zero-order valence-electron chi connectivity index (χ0n) is 13.0. The van der Waals surface area contributed by atoms with Crippen LogP contribution < -0.4 is 5.73 Å². The van der Waals surface area contributed by atoms with Gasteiger partial charge in [-0.2, -0.15) is 0 Å². The van der Waals surface area contributed by atoms with E-state index in [0.717, 1.165) is 63.5 Å². The number of carbonyl (C=O) groups is 1. The molecule has 2 aliphatic heterocycles. The van der Waals surface area contributed by atoms with Crippen LogP contribution >= 0.6 is 0 Å². The van der Waals surface area contributed by atoms with Gasteiger partial charge in [0.25, 0.3) is 0 Å². The van der Waals surface area contributed by atoms with Crippen LogP contribution in [0.5, 0.6) is 0 Å². The quantitative estimate of drug-likeness (QED) is 0.847. The number of para-hydroxylation sites is 1. The average molecular weight is 303 g/mol. The van der Waals surface area contributed by atoms with Gasteiger partial charge >= 0.3 is 0 Å². The molecule has 0 saturated carbocycles. The Bertz CT molecular complexity index is 514. The molecule has 0 spiro atoms. The van der Waals surface area contributed by atoms with Crippen molar-refractivity contribution in [3.8, 4) is 0 Å². The van der Waals surface area contributed by atoms with Crippen LogP contribution in [-0.4, -0.2) is 61.1 Å². The number of hydrogen-bond donors (Lipinski definition) is 1. The Labute approximate surface area is 132 Å². The first-order chi connectivity index (χ1) is 10.7. The Morgan fingerprint density at radius 2 is 2.00 bits per heavy atom. The van der Waals surface area contributed by atoms with Crippen molar-refractivity contribution in [2.24, 2.45) is 0 Å². The molecule has 2 saturated heterocycles. The summed E-state index contributed by atoms with van der Waals surface area (Å²) in [5.74, 6) is 0.249. The minimum absolute atomic E-state index is 0.249. The van der Waals surface area contributed by atoms with Gasteiger partial charge in [-0.05, 0) is 24.5 Å². The highest BCUT2D eigenvalue weighted by Crippen LogP contribution is 2.19. The molecule has 0 aliphatic carbocycles. The summed E-state index contributed by atoms with van der Waals surface area (Å²) in [4.78, 5) is 16.9. The van der Waals surface area contributed by atoms with Crippen molar-refractivity contribution < 1.29 is 9.53 Å². The van der Waals surface area contributed by atoms with E-state index in [1.165, 1.54) is 0 Å². The summed E-state index contributed by atoms with van der Waals surface area (Å²) >= 11 is 0. The van der Waals surface area contributed by atoms with Crippen LogP contribution in [0.1, 0.15) is 18.4 Å². The Hall–Kier alpha value is -1.59. The molecule has 2 fully saturated rings. The predicted molar refractivity (Wildman–Crippen MR) is 86.6 cm³/mol. The molecule has 3 rings (SSSR count). The number of nitrogen functional groups attached to an aromatic ring is 1. The number of ether oxygens (including phenoxy) is 1. The average Bonchev–Trinajstić information content (AvgIpc) is 3.05. The number of benzene rings is 1. The summed E-state index contributed by atoms with van der Waals surface area (Å²) < 4.78 is 5.40. The van der Waals surface area contributed by atoms with E-state index in [0.29, 0.717) is 12.5 Å². The molecule has 2 aliphatic rings. The molecule has 1 aromatic carbocycles. The molecule has 5 heteroatoms. The molecule has 1 aromatic rings. The zero-order valence-corrected chi connectivity index (χ0v) is 13.0. The van der Waals surface area contributed by atoms with Gasteiger partial charge in [-0.3, -0.25) is 9.69 Å². The van der Waals surface area contributed by atoms with E-state index < -0.39 is 0 Å². The number of likely N-dealkylation sites (tertiary alicyclic amines) is 1. The summed E-state index contributed by atoms with van der Waals surface area (Å²) in [6.07, 6.45) is 2.35. The first kappa shape index (κ1) is 15.3. The molecule has 0 radical (unpaired) electrons. The van der Waals surface area contributed by atoms with Crippen LogP contribution in [0.4, 0.5) is 5.69 Å². The minimum atomic E-state index is 0.249. The molecule has 1 atom stereocenters. The lowest BCUT2D eigenvalue weighted by atomic mass is 10.1. The molecular weight excluding hydrogens is 278 g/mol. The van der Waals surface area contributed by atoms with Crippen LogP contribution in [0.2, 0.25) is 0 Å². The van der Waals surface area contributed by atoms with Crippen LogP contribution in [0, 0.1) is 0 Å². The fourth-order valence-electron chi connectivity index (χ4n) is 3.37. The first-order valence-corrected chi connectivity index (χ1v) is 8.17. The third-order valence-corrected chi connectivity index (χ3v) is 4.74. The van der Waals surface area contributed by atoms with Gasteiger partial charge < -0.3 is 15.4 Å². The number of anilines is 1. The van der Waals surface area contributed by atoms with Crippen molar-refractivity contribution in [1.29, 1.82) is 0 Å². The van der Waals surface area contributed by atoms with Crippen molar-refractivity contribution in [2.45, 2.75) is 25.3 Å². The second-order valence-corrected chi connectivity index (χ2v) is 6.13. The SMILES string of the molecule is Nc1ccccc1CCC(=O)N1CCC(N2CCOCC2)C1. The fraction of sp³-hybridized carbons (Fsp3) is 0.588. The van der Waals surface area contributed by atoms with Gasteiger partial charge in [-0.1, -0.05) is 18.2 Å². The van der Waals surface area contributed by atoms with E-state index in [4.69, 9.17) is 10.5 Å². The molecule has 22 heavy (non-hydrogen) atoms. The summed E-state index contributed by atoms with van der Waals surface area (Å²) in [7, 11) is 0. The molecular formula is C17H25N3O2. The van der Waals surface area contributed by atoms with Gasteiger partial charge in [-0.25, -0.2) is 0 Å². The fourth-order valence-corrected chi connectivity index (χ4v) is 3.37. The Kier molecular flexibility index (Phi) is 4.95. The van der Waals surface area contributed by atoms with E-state index in [1.807, 2.05) is 29.2 Å². The van der Waals surface area contributed by atoms with E-state index in [2.05, 4.69) is 4.90 Å². The lowest BCUT2D eigenvalue weighted by Gasteiger charge is -2.32. The number of amides is 1. The van der Waals surface area contributed by atoms with Gasteiger partial charge in [0.1, 0.15) is 0 Å². The molecule has 1 amide bonds. The van der Waals surface area contributed by atoms with E-state index in [9.17, 15) is 4.79 Å². The van der Waals surface area contributed by atoms with Gasteiger partial charge in [0.2, 0.25) is 5.91 Å². The minimum Gasteiger partial charge on any atom is -0.399 e. The number of rotatable bonds is 4. The first-order valence-electron chi connectivity index (χ1n) is 8.17. The summed E-state index contributed by atoms with van der Waals surface area (Å²) in [6, 6.07) is 8.30. The lowest BCUT2D eigenvalue weighted by molar-refractivity contribution is -0.130. The Morgan fingerprint density at radius 3 is 2.77 bits per heavy atom. The maximum absolute atomic E-state index is 12.4. The maximum Gasteiger partial charge on any atom is 0.222 e. The topological polar surface area (TPSA) is 58.8 Å². The highest BCUT2D eigenvalue weighted by atomic mass is 16.5. The highest BCUT2D eigenvalue weighted by molar-refractivity contribution is 5.77. The predicted octanol–water partition coefficient (Wildman–Crippen LogP) is 1.13. The standard InChI is InChI=1S/C17H25N3O2/c18-16-4-2-1-3-14(16)5-6-17(21)20-8-7-15(13-20)19-9-11-22-12-10-19/h1-4,15H,5-13,18H2. The van der Waals surface area contributed by atoms with Gasteiger partial charge in [-0.15, -0.1) is 0 Å². The number of carbonyl (C=O) groups excluding carboxylic acids is 1. The zero-order chi connectivity index (χ0) is 15.4. The Morgan fingerprint density at radius 1 is 1.23 bits per heavy atom. The number of nitrogens with zero attached hydrogens (tertiary/aromatic N) is 2. The second kappa shape index (κ2) is 7.11. The highest BCUT2D eigenvalue weighted by Gasteiger charge is 2.30. The van der Waals surface area contributed by atoms with Gasteiger partial charge in [0, 0.05) is 44.3 Å². The molecule has 2 N–H and O–H groups in total. The molecule has 5 nitrogen and oxygen atoms in total. The number of nitrogens with two attached hydrogens (primary N) is 1. The lowest BCUT2D eigenvalue weighted by Crippen LogP contribution is -2.45. The molecule has 120 valence electrons. The smallest absolute Gasteiger partial charge is 0.222 e. The van der Waals surface area contributed by atoms with Crippen LogP contribution in [-0.2, 0) is 16.0 Å². The normalized spacial score (nSPS) is 22.9.